The number of nitrogens with one attached hydrogen (secondary N) is 1. The quantitative estimate of drug-likeness (QED) is 0.846. The Balaban J connectivity index is 1.96. The second kappa shape index (κ2) is 6.70. The third-order valence-electron chi connectivity index (χ3n) is 2.91. The van der Waals surface area contributed by atoms with Crippen LogP contribution < -0.4 is 14.8 Å². The summed E-state index contributed by atoms with van der Waals surface area (Å²) in [7, 11) is 1.53. The van der Waals surface area contributed by atoms with Crippen LogP contribution in [0, 0.1) is 0 Å². The monoisotopic (exact) mass is 273 g/mol. The van der Waals surface area contributed by atoms with Crippen LogP contribution in [0.5, 0.6) is 17.2 Å². The number of methoxy groups -OCH3 is 1. The van der Waals surface area contributed by atoms with Crippen molar-refractivity contribution in [2.45, 2.75) is 13.5 Å². The van der Waals surface area contributed by atoms with E-state index in [1.807, 2.05) is 37.3 Å². The Bertz CT molecular complexity index is 552. The SMILES string of the molecule is CCOc1ccc(CNc2ccc(OC)c(O)c2)cc1. The highest BCUT2D eigenvalue weighted by atomic mass is 16.5. The zero-order valence-corrected chi connectivity index (χ0v) is 11.7. The first kappa shape index (κ1) is 14.1. The molecule has 2 rings (SSSR count). The smallest absolute Gasteiger partial charge is 0.160 e. The van der Waals surface area contributed by atoms with Crippen LogP contribution in [0.3, 0.4) is 0 Å². The van der Waals surface area contributed by atoms with Crippen LogP contribution in [-0.4, -0.2) is 18.8 Å². The molecular weight excluding hydrogens is 254 g/mol. The van der Waals surface area contributed by atoms with Gasteiger partial charge in [0.2, 0.25) is 0 Å². The number of hydrogen-bond acceptors (Lipinski definition) is 4. The molecule has 2 aromatic carbocycles. The van der Waals surface area contributed by atoms with E-state index in [4.69, 9.17) is 9.47 Å². The van der Waals surface area contributed by atoms with Crippen LogP contribution >= 0.6 is 0 Å². The van der Waals surface area contributed by atoms with Gasteiger partial charge in [-0.25, -0.2) is 0 Å². The summed E-state index contributed by atoms with van der Waals surface area (Å²) in [5, 5.41) is 13.0. The van der Waals surface area contributed by atoms with E-state index < -0.39 is 0 Å². The summed E-state index contributed by atoms with van der Waals surface area (Å²) in [6.07, 6.45) is 0. The standard InChI is InChI=1S/C16H19NO3/c1-3-20-14-7-4-12(5-8-14)11-17-13-6-9-16(19-2)15(18)10-13/h4-10,17-18H,3,11H2,1-2H3. The van der Waals surface area contributed by atoms with Crippen LogP contribution in [0.2, 0.25) is 0 Å². The molecule has 0 aliphatic carbocycles. The summed E-state index contributed by atoms with van der Waals surface area (Å²) in [5.74, 6) is 1.47. The van der Waals surface area contributed by atoms with Gasteiger partial charge in [-0.1, -0.05) is 12.1 Å². The van der Waals surface area contributed by atoms with E-state index in [1.165, 1.54) is 7.11 Å². The Labute approximate surface area is 119 Å². The van der Waals surface area contributed by atoms with Gasteiger partial charge in [0.05, 0.1) is 13.7 Å². The van der Waals surface area contributed by atoms with E-state index in [9.17, 15) is 5.11 Å². The van der Waals surface area contributed by atoms with Crippen LogP contribution in [0.1, 0.15) is 12.5 Å². The maximum Gasteiger partial charge on any atom is 0.160 e. The van der Waals surface area contributed by atoms with Crippen molar-refractivity contribution in [3.63, 3.8) is 0 Å². The lowest BCUT2D eigenvalue weighted by molar-refractivity contribution is 0.340. The van der Waals surface area contributed by atoms with Crippen LogP contribution in [0.15, 0.2) is 42.5 Å². The summed E-state index contributed by atoms with van der Waals surface area (Å²) in [6, 6.07) is 13.2. The molecule has 4 nitrogen and oxygen atoms in total. The molecular formula is C16H19NO3. The lowest BCUT2D eigenvalue weighted by Gasteiger charge is -2.10. The average molecular weight is 273 g/mol. The van der Waals surface area contributed by atoms with Crippen LogP contribution in [-0.2, 0) is 6.54 Å². The number of ether oxygens (including phenoxy) is 2. The first-order chi connectivity index (χ1) is 9.72. The van der Waals surface area contributed by atoms with Gasteiger partial charge in [-0.3, -0.25) is 0 Å². The van der Waals surface area contributed by atoms with Crippen molar-refractivity contribution < 1.29 is 14.6 Å². The fourth-order valence-corrected chi connectivity index (χ4v) is 1.87. The number of benzene rings is 2. The van der Waals surface area contributed by atoms with Crippen molar-refractivity contribution in [1.29, 1.82) is 0 Å². The highest BCUT2D eigenvalue weighted by Crippen LogP contribution is 2.28. The second-order valence-corrected chi connectivity index (χ2v) is 4.32. The van der Waals surface area contributed by atoms with Gasteiger partial charge in [0.1, 0.15) is 5.75 Å². The second-order valence-electron chi connectivity index (χ2n) is 4.32. The molecule has 0 fully saturated rings. The molecule has 0 amide bonds. The maximum atomic E-state index is 9.70. The van der Waals surface area contributed by atoms with Gasteiger partial charge in [-0.05, 0) is 36.8 Å². The van der Waals surface area contributed by atoms with E-state index in [-0.39, 0.29) is 5.75 Å². The molecule has 2 N–H and O–H groups in total. The van der Waals surface area contributed by atoms with Crippen molar-refractivity contribution in [2.75, 3.05) is 19.0 Å². The Kier molecular flexibility index (Phi) is 4.71. The van der Waals surface area contributed by atoms with E-state index >= 15 is 0 Å². The molecule has 0 spiro atoms. The molecule has 4 heteroatoms. The van der Waals surface area contributed by atoms with Crippen molar-refractivity contribution in [3.05, 3.63) is 48.0 Å². The van der Waals surface area contributed by atoms with E-state index in [2.05, 4.69) is 5.32 Å². The lowest BCUT2D eigenvalue weighted by atomic mass is 10.2. The first-order valence-electron chi connectivity index (χ1n) is 6.55. The van der Waals surface area contributed by atoms with Crippen LogP contribution in [0.25, 0.3) is 0 Å². The van der Waals surface area contributed by atoms with E-state index in [0.29, 0.717) is 18.9 Å². The molecule has 0 atom stereocenters. The predicted molar refractivity (Wildman–Crippen MR) is 79.6 cm³/mol. The molecule has 106 valence electrons. The van der Waals surface area contributed by atoms with Gasteiger partial charge < -0.3 is 19.9 Å². The summed E-state index contributed by atoms with van der Waals surface area (Å²) in [5.41, 5.74) is 1.99. The Hall–Kier alpha value is -2.36. The normalized spacial score (nSPS) is 10.1. The maximum absolute atomic E-state index is 9.70. The minimum Gasteiger partial charge on any atom is -0.504 e. The zero-order chi connectivity index (χ0) is 14.4. The molecule has 0 radical (unpaired) electrons. The van der Waals surface area contributed by atoms with Gasteiger partial charge in [-0.15, -0.1) is 0 Å². The minimum atomic E-state index is 0.129. The highest BCUT2D eigenvalue weighted by molar-refractivity contribution is 5.54. The molecule has 0 heterocycles. The molecule has 0 unspecified atom stereocenters. The van der Waals surface area contributed by atoms with Crippen molar-refractivity contribution in [1.82, 2.24) is 0 Å². The number of aromatic hydroxyl groups is 1. The Morgan fingerprint density at radius 2 is 1.85 bits per heavy atom. The number of phenolic OH excluding ortho intramolecular Hbond substituents is 1. The van der Waals surface area contributed by atoms with Gasteiger partial charge in [0, 0.05) is 18.3 Å². The fourth-order valence-electron chi connectivity index (χ4n) is 1.87. The highest BCUT2D eigenvalue weighted by Gasteiger charge is 2.02. The van der Waals surface area contributed by atoms with Gasteiger partial charge in [-0.2, -0.15) is 0 Å². The minimum absolute atomic E-state index is 0.129. The molecule has 0 saturated carbocycles. The largest absolute Gasteiger partial charge is 0.504 e. The van der Waals surface area contributed by atoms with Gasteiger partial charge in [0.25, 0.3) is 0 Å². The number of rotatable bonds is 6. The molecule has 0 saturated heterocycles. The first-order valence-corrected chi connectivity index (χ1v) is 6.55. The lowest BCUT2D eigenvalue weighted by Crippen LogP contribution is -1.99. The predicted octanol–water partition coefficient (Wildman–Crippen LogP) is 3.41. The molecule has 0 bridgehead atoms. The third-order valence-corrected chi connectivity index (χ3v) is 2.91. The molecule has 0 aliphatic heterocycles. The molecule has 0 aliphatic rings. The van der Waals surface area contributed by atoms with E-state index in [1.54, 1.807) is 12.1 Å². The van der Waals surface area contributed by atoms with Crippen molar-refractivity contribution in [3.8, 4) is 17.2 Å². The van der Waals surface area contributed by atoms with Gasteiger partial charge >= 0.3 is 0 Å². The fraction of sp³-hybridized carbons (Fsp3) is 0.250. The Morgan fingerprint density at radius 3 is 2.45 bits per heavy atom. The molecule has 20 heavy (non-hydrogen) atoms. The summed E-state index contributed by atoms with van der Waals surface area (Å²) in [4.78, 5) is 0. The zero-order valence-electron chi connectivity index (χ0n) is 11.7. The van der Waals surface area contributed by atoms with Gasteiger partial charge in [0.15, 0.2) is 11.5 Å². The van der Waals surface area contributed by atoms with Crippen LogP contribution in [0.4, 0.5) is 5.69 Å². The van der Waals surface area contributed by atoms with Crippen molar-refractivity contribution in [2.24, 2.45) is 0 Å². The molecule has 0 aromatic heterocycles. The number of hydrogen-bond donors (Lipinski definition) is 2. The summed E-state index contributed by atoms with van der Waals surface area (Å²) in [6.45, 7) is 3.31. The molecule has 2 aromatic rings. The third kappa shape index (κ3) is 3.57. The average Bonchev–Trinajstić information content (AvgIpc) is 2.47. The topological polar surface area (TPSA) is 50.7 Å². The summed E-state index contributed by atoms with van der Waals surface area (Å²) < 4.78 is 10.4. The van der Waals surface area contributed by atoms with Crippen molar-refractivity contribution >= 4 is 5.69 Å². The number of anilines is 1. The number of phenols is 1. The Morgan fingerprint density at radius 1 is 1.10 bits per heavy atom. The van der Waals surface area contributed by atoms with E-state index in [0.717, 1.165) is 17.0 Å². The summed E-state index contributed by atoms with van der Waals surface area (Å²) >= 11 is 0.